The fourth-order valence-corrected chi connectivity index (χ4v) is 3.10. The Morgan fingerprint density at radius 3 is 3.09 bits per heavy atom. The molecule has 0 aromatic heterocycles. The highest BCUT2D eigenvalue weighted by atomic mass is 14.4. The van der Waals surface area contributed by atoms with Gasteiger partial charge in [-0.05, 0) is 49.5 Å². The van der Waals surface area contributed by atoms with Crippen LogP contribution in [0.4, 0.5) is 0 Å². The molecule has 0 aromatic carbocycles. The van der Waals surface area contributed by atoms with Gasteiger partial charge in [0.2, 0.25) is 0 Å². The summed E-state index contributed by atoms with van der Waals surface area (Å²) in [6, 6.07) is 0. The lowest BCUT2D eigenvalue weighted by Crippen LogP contribution is -2.19. The number of rotatable bonds is 0. The highest BCUT2D eigenvalue weighted by Crippen LogP contribution is 2.50. The average Bonchev–Trinajstić information content (AvgIpc) is 2.31. The molecule has 3 aliphatic carbocycles. The summed E-state index contributed by atoms with van der Waals surface area (Å²) in [6.45, 7) is 0. The Morgan fingerprint density at radius 2 is 2.18 bits per heavy atom. The van der Waals surface area contributed by atoms with Crippen molar-refractivity contribution in [2.24, 2.45) is 11.8 Å². The molecule has 3 rings (SSSR count). The maximum Gasteiger partial charge on any atom is -0.00992 e. The Morgan fingerprint density at radius 1 is 1.18 bits per heavy atom. The van der Waals surface area contributed by atoms with Gasteiger partial charge in [-0.2, -0.15) is 0 Å². The predicted molar refractivity (Wildman–Crippen MR) is 46.2 cm³/mol. The molecule has 0 heteroatoms. The lowest BCUT2D eigenvalue weighted by Gasteiger charge is -2.30. The standard InChI is InChI=1S/C11H14/c1-3-8-7-9-4-2-6-11(8)10(9)5-1/h3,7,10-11H,1-2,4-6H2. The highest BCUT2D eigenvalue weighted by Gasteiger charge is 2.37. The summed E-state index contributed by atoms with van der Waals surface area (Å²) in [5, 5.41) is 0. The van der Waals surface area contributed by atoms with Crippen LogP contribution in [0.2, 0.25) is 0 Å². The molecule has 58 valence electrons. The van der Waals surface area contributed by atoms with E-state index >= 15 is 0 Å². The molecule has 0 aromatic rings. The third kappa shape index (κ3) is 0.702. The molecule has 2 atom stereocenters. The molecule has 0 radical (unpaired) electrons. The summed E-state index contributed by atoms with van der Waals surface area (Å²) in [5.41, 5.74) is 3.47. The van der Waals surface area contributed by atoms with E-state index in [-0.39, 0.29) is 0 Å². The van der Waals surface area contributed by atoms with Gasteiger partial charge in [0.25, 0.3) is 0 Å². The topological polar surface area (TPSA) is 0 Å². The monoisotopic (exact) mass is 146 g/mol. The fourth-order valence-electron chi connectivity index (χ4n) is 3.10. The third-order valence-corrected chi connectivity index (χ3v) is 3.58. The van der Waals surface area contributed by atoms with Crippen LogP contribution in [0.25, 0.3) is 0 Å². The largest absolute Gasteiger partial charge is 0.0810 e. The third-order valence-electron chi connectivity index (χ3n) is 3.58. The zero-order valence-electron chi connectivity index (χ0n) is 6.84. The first-order valence-electron chi connectivity index (χ1n) is 4.86. The van der Waals surface area contributed by atoms with E-state index in [2.05, 4.69) is 12.2 Å². The molecular weight excluding hydrogens is 132 g/mol. The normalized spacial score (nSPS) is 40.0. The van der Waals surface area contributed by atoms with Gasteiger partial charge < -0.3 is 0 Å². The molecule has 1 saturated carbocycles. The van der Waals surface area contributed by atoms with E-state index < -0.39 is 0 Å². The van der Waals surface area contributed by atoms with Gasteiger partial charge in [0.05, 0.1) is 0 Å². The van der Waals surface area contributed by atoms with Gasteiger partial charge in [-0.25, -0.2) is 0 Å². The van der Waals surface area contributed by atoms with E-state index in [1.54, 1.807) is 11.1 Å². The van der Waals surface area contributed by atoms with Crippen LogP contribution in [-0.2, 0) is 0 Å². The predicted octanol–water partition coefficient (Wildman–Crippen LogP) is 3.06. The van der Waals surface area contributed by atoms with Crippen LogP contribution in [0.15, 0.2) is 23.3 Å². The van der Waals surface area contributed by atoms with Crippen molar-refractivity contribution in [3.63, 3.8) is 0 Å². The van der Waals surface area contributed by atoms with Crippen molar-refractivity contribution in [3.05, 3.63) is 23.3 Å². The Bertz CT molecular complexity index is 245. The molecule has 2 unspecified atom stereocenters. The maximum absolute atomic E-state index is 2.50. The van der Waals surface area contributed by atoms with Crippen LogP contribution in [0.5, 0.6) is 0 Å². The van der Waals surface area contributed by atoms with Crippen molar-refractivity contribution < 1.29 is 0 Å². The van der Waals surface area contributed by atoms with E-state index in [1.807, 2.05) is 0 Å². The van der Waals surface area contributed by atoms with Crippen molar-refractivity contribution in [1.29, 1.82) is 0 Å². The summed E-state index contributed by atoms with van der Waals surface area (Å²) in [4.78, 5) is 0. The van der Waals surface area contributed by atoms with Crippen LogP contribution in [-0.4, -0.2) is 0 Å². The average molecular weight is 146 g/mol. The minimum absolute atomic E-state index is 0.965. The van der Waals surface area contributed by atoms with Gasteiger partial charge in [0.1, 0.15) is 0 Å². The van der Waals surface area contributed by atoms with Crippen LogP contribution < -0.4 is 0 Å². The minimum atomic E-state index is 0.965. The van der Waals surface area contributed by atoms with Gasteiger partial charge in [-0.1, -0.05) is 17.7 Å². The molecule has 3 aliphatic rings. The molecule has 0 spiro atoms. The smallest absolute Gasteiger partial charge is 0.00992 e. The SMILES string of the molecule is C1=C2C=C3CCCC2C3CC1. The first-order valence-corrected chi connectivity index (χ1v) is 4.86. The molecule has 11 heavy (non-hydrogen) atoms. The highest BCUT2D eigenvalue weighted by molar-refractivity contribution is 5.40. The van der Waals surface area contributed by atoms with Gasteiger partial charge in [-0.15, -0.1) is 0 Å². The first-order chi connectivity index (χ1) is 5.45. The summed E-state index contributed by atoms with van der Waals surface area (Å²) in [5.74, 6) is 1.95. The zero-order chi connectivity index (χ0) is 7.26. The Kier molecular flexibility index (Phi) is 1.10. The zero-order valence-corrected chi connectivity index (χ0v) is 6.84. The second kappa shape index (κ2) is 2.00. The van der Waals surface area contributed by atoms with E-state index in [0.29, 0.717) is 0 Å². The van der Waals surface area contributed by atoms with Crippen molar-refractivity contribution in [2.45, 2.75) is 32.1 Å². The second-order valence-electron chi connectivity index (χ2n) is 4.11. The quantitative estimate of drug-likeness (QED) is 0.492. The van der Waals surface area contributed by atoms with E-state index in [9.17, 15) is 0 Å². The molecular formula is C11H14. The lowest BCUT2D eigenvalue weighted by molar-refractivity contribution is 0.342. The van der Waals surface area contributed by atoms with Crippen LogP contribution in [0, 0.1) is 11.8 Å². The molecule has 1 fully saturated rings. The fraction of sp³-hybridized carbons (Fsp3) is 0.636. The summed E-state index contributed by atoms with van der Waals surface area (Å²) in [7, 11) is 0. The Balaban J connectivity index is 2.10. The van der Waals surface area contributed by atoms with Crippen LogP contribution in [0.1, 0.15) is 32.1 Å². The van der Waals surface area contributed by atoms with Crippen LogP contribution in [0.3, 0.4) is 0 Å². The first kappa shape index (κ1) is 6.05. The number of allylic oxidation sites excluding steroid dienone is 4. The second-order valence-corrected chi connectivity index (χ2v) is 4.11. The minimum Gasteiger partial charge on any atom is -0.0810 e. The number of hydrogen-bond donors (Lipinski definition) is 0. The molecule has 0 nitrogen and oxygen atoms in total. The van der Waals surface area contributed by atoms with Gasteiger partial charge in [0, 0.05) is 0 Å². The summed E-state index contributed by atoms with van der Waals surface area (Å²) >= 11 is 0. The van der Waals surface area contributed by atoms with E-state index in [1.165, 1.54) is 32.1 Å². The van der Waals surface area contributed by atoms with Gasteiger partial charge >= 0.3 is 0 Å². The Hall–Kier alpha value is -0.520. The lowest BCUT2D eigenvalue weighted by atomic mass is 9.74. The number of hydrogen-bond acceptors (Lipinski definition) is 0. The van der Waals surface area contributed by atoms with Crippen molar-refractivity contribution >= 4 is 0 Å². The maximum atomic E-state index is 2.50. The Labute approximate surface area is 68.0 Å². The molecule has 0 amide bonds. The van der Waals surface area contributed by atoms with Gasteiger partial charge in [0.15, 0.2) is 0 Å². The van der Waals surface area contributed by atoms with E-state index in [0.717, 1.165) is 11.8 Å². The van der Waals surface area contributed by atoms with Crippen molar-refractivity contribution in [3.8, 4) is 0 Å². The molecule has 4 bridgehead atoms. The summed E-state index contributed by atoms with van der Waals surface area (Å²) in [6.07, 6.45) is 12.1. The van der Waals surface area contributed by atoms with Crippen LogP contribution >= 0.6 is 0 Å². The molecule has 0 saturated heterocycles. The molecule has 0 aliphatic heterocycles. The van der Waals surface area contributed by atoms with Gasteiger partial charge in [-0.3, -0.25) is 0 Å². The van der Waals surface area contributed by atoms with Crippen molar-refractivity contribution in [1.82, 2.24) is 0 Å². The summed E-state index contributed by atoms with van der Waals surface area (Å²) < 4.78 is 0. The molecule has 0 N–H and O–H groups in total. The van der Waals surface area contributed by atoms with E-state index in [4.69, 9.17) is 0 Å². The van der Waals surface area contributed by atoms with Crippen molar-refractivity contribution in [2.75, 3.05) is 0 Å². The molecule has 0 heterocycles.